The van der Waals surface area contributed by atoms with Gasteiger partial charge in [0.25, 0.3) is 0 Å². The van der Waals surface area contributed by atoms with Gasteiger partial charge in [0.05, 0.1) is 6.04 Å². The van der Waals surface area contributed by atoms with E-state index in [1.807, 2.05) is 18.7 Å². The van der Waals surface area contributed by atoms with Gasteiger partial charge in [0.1, 0.15) is 0 Å². The van der Waals surface area contributed by atoms with E-state index in [1.54, 1.807) is 0 Å². The van der Waals surface area contributed by atoms with Gasteiger partial charge in [0.2, 0.25) is 5.91 Å². The smallest absolute Gasteiger partial charge is 0.237 e. The molecule has 96 valence electrons. The minimum atomic E-state index is -0.360. The zero-order valence-electron chi connectivity index (χ0n) is 11.0. The summed E-state index contributed by atoms with van der Waals surface area (Å²) >= 11 is 1.90. The van der Waals surface area contributed by atoms with Crippen LogP contribution in [-0.4, -0.2) is 29.5 Å². The zero-order chi connectivity index (χ0) is 12.6. The number of rotatable bonds is 8. The number of thioether (sulfide) groups is 1. The largest absolute Gasteiger partial charge is 0.352 e. The summed E-state index contributed by atoms with van der Waals surface area (Å²) in [5.74, 6) is 2.68. The molecule has 16 heavy (non-hydrogen) atoms. The lowest BCUT2D eigenvalue weighted by Crippen LogP contribution is -2.45. The molecule has 0 aromatic heterocycles. The topological polar surface area (TPSA) is 55.1 Å². The number of amides is 1. The third-order valence-corrected chi connectivity index (χ3v) is 3.28. The molecule has 0 fully saturated rings. The van der Waals surface area contributed by atoms with Gasteiger partial charge in [-0.25, -0.2) is 0 Å². The average molecular weight is 246 g/mol. The maximum atomic E-state index is 11.7. The van der Waals surface area contributed by atoms with E-state index in [-0.39, 0.29) is 18.0 Å². The molecule has 0 aromatic rings. The number of hydrogen-bond donors (Lipinski definition) is 2. The monoisotopic (exact) mass is 246 g/mol. The summed E-state index contributed by atoms with van der Waals surface area (Å²) in [5.41, 5.74) is 5.80. The van der Waals surface area contributed by atoms with Crippen LogP contribution in [0, 0.1) is 5.92 Å². The van der Waals surface area contributed by atoms with Crippen LogP contribution in [0.15, 0.2) is 0 Å². The molecule has 0 aliphatic heterocycles. The minimum absolute atomic E-state index is 0.0114. The molecule has 2 atom stereocenters. The van der Waals surface area contributed by atoms with Crippen molar-refractivity contribution in [2.75, 3.05) is 11.5 Å². The fourth-order valence-electron chi connectivity index (χ4n) is 1.44. The average Bonchev–Trinajstić information content (AvgIpc) is 2.16. The Morgan fingerprint density at radius 1 is 1.38 bits per heavy atom. The lowest BCUT2D eigenvalue weighted by atomic mass is 10.0. The van der Waals surface area contributed by atoms with Crippen LogP contribution in [0.1, 0.15) is 40.5 Å². The van der Waals surface area contributed by atoms with Crippen LogP contribution >= 0.6 is 11.8 Å². The quantitative estimate of drug-likeness (QED) is 0.644. The molecule has 0 aliphatic carbocycles. The number of hydrogen-bond acceptors (Lipinski definition) is 3. The van der Waals surface area contributed by atoms with Crippen molar-refractivity contribution < 1.29 is 4.79 Å². The van der Waals surface area contributed by atoms with Crippen LogP contribution in [0.3, 0.4) is 0 Å². The molecule has 4 heteroatoms. The predicted molar refractivity (Wildman–Crippen MR) is 72.7 cm³/mol. The summed E-state index contributed by atoms with van der Waals surface area (Å²) in [7, 11) is 0. The van der Waals surface area contributed by atoms with E-state index in [2.05, 4.69) is 26.1 Å². The lowest BCUT2D eigenvalue weighted by molar-refractivity contribution is -0.123. The van der Waals surface area contributed by atoms with Gasteiger partial charge in [0, 0.05) is 6.04 Å². The SMILES string of the molecule is CCSCCC(C)NC(=O)C(N)CC(C)C. The molecule has 0 spiro atoms. The summed E-state index contributed by atoms with van der Waals surface area (Å²) in [5, 5.41) is 2.97. The molecule has 0 saturated heterocycles. The molecule has 0 heterocycles. The highest BCUT2D eigenvalue weighted by atomic mass is 32.2. The number of nitrogens with two attached hydrogens (primary N) is 1. The lowest BCUT2D eigenvalue weighted by Gasteiger charge is -2.18. The van der Waals surface area contributed by atoms with Gasteiger partial charge in [-0.2, -0.15) is 11.8 Å². The first-order chi connectivity index (χ1) is 7.47. The van der Waals surface area contributed by atoms with E-state index in [1.165, 1.54) is 0 Å². The highest BCUT2D eigenvalue weighted by Gasteiger charge is 2.16. The molecule has 3 nitrogen and oxygen atoms in total. The molecular weight excluding hydrogens is 220 g/mol. The Morgan fingerprint density at radius 2 is 2.00 bits per heavy atom. The molecule has 0 aliphatic rings. The van der Waals surface area contributed by atoms with E-state index in [4.69, 9.17) is 5.73 Å². The Balaban J connectivity index is 3.76. The third kappa shape index (κ3) is 7.99. The molecule has 0 saturated carbocycles. The summed E-state index contributed by atoms with van der Waals surface area (Å²) in [4.78, 5) is 11.7. The van der Waals surface area contributed by atoms with Crippen molar-refractivity contribution in [1.29, 1.82) is 0 Å². The van der Waals surface area contributed by atoms with Crippen molar-refractivity contribution in [2.45, 2.75) is 52.6 Å². The van der Waals surface area contributed by atoms with Crippen molar-refractivity contribution in [3.8, 4) is 0 Å². The van der Waals surface area contributed by atoms with Gasteiger partial charge < -0.3 is 11.1 Å². The van der Waals surface area contributed by atoms with Crippen LogP contribution in [0.2, 0.25) is 0 Å². The summed E-state index contributed by atoms with van der Waals surface area (Å²) in [6.45, 7) is 8.34. The van der Waals surface area contributed by atoms with Crippen molar-refractivity contribution in [3.05, 3.63) is 0 Å². The van der Waals surface area contributed by atoms with Crippen molar-refractivity contribution in [2.24, 2.45) is 11.7 Å². The van der Waals surface area contributed by atoms with E-state index >= 15 is 0 Å². The van der Waals surface area contributed by atoms with Crippen LogP contribution in [0.5, 0.6) is 0 Å². The number of carbonyl (C=O) groups excluding carboxylic acids is 1. The van der Waals surface area contributed by atoms with Crippen LogP contribution < -0.4 is 11.1 Å². The zero-order valence-corrected chi connectivity index (χ0v) is 11.8. The van der Waals surface area contributed by atoms with Crippen LogP contribution in [-0.2, 0) is 4.79 Å². The highest BCUT2D eigenvalue weighted by molar-refractivity contribution is 7.99. The van der Waals surface area contributed by atoms with Gasteiger partial charge >= 0.3 is 0 Å². The van der Waals surface area contributed by atoms with E-state index in [9.17, 15) is 4.79 Å². The Bertz CT molecular complexity index is 197. The van der Waals surface area contributed by atoms with E-state index < -0.39 is 0 Å². The molecule has 3 N–H and O–H groups in total. The fraction of sp³-hybridized carbons (Fsp3) is 0.917. The first-order valence-electron chi connectivity index (χ1n) is 6.11. The van der Waals surface area contributed by atoms with Crippen LogP contribution in [0.25, 0.3) is 0 Å². The maximum absolute atomic E-state index is 11.7. The Morgan fingerprint density at radius 3 is 2.50 bits per heavy atom. The second kappa shape index (κ2) is 8.88. The molecular formula is C12H26N2OS. The highest BCUT2D eigenvalue weighted by Crippen LogP contribution is 2.05. The predicted octanol–water partition coefficient (Wildman–Crippen LogP) is 2.01. The van der Waals surface area contributed by atoms with E-state index in [0.29, 0.717) is 5.92 Å². The first kappa shape index (κ1) is 15.8. The molecule has 0 rings (SSSR count). The van der Waals surface area contributed by atoms with Gasteiger partial charge in [0.15, 0.2) is 0 Å². The van der Waals surface area contributed by atoms with E-state index in [0.717, 1.165) is 24.3 Å². The summed E-state index contributed by atoms with van der Waals surface area (Å²) in [6, 6.07) is -0.133. The van der Waals surface area contributed by atoms with Crippen molar-refractivity contribution in [1.82, 2.24) is 5.32 Å². The van der Waals surface area contributed by atoms with Crippen LogP contribution in [0.4, 0.5) is 0 Å². The fourth-order valence-corrected chi connectivity index (χ4v) is 2.25. The first-order valence-corrected chi connectivity index (χ1v) is 7.26. The molecule has 0 bridgehead atoms. The normalized spacial score (nSPS) is 14.9. The van der Waals surface area contributed by atoms with Crippen molar-refractivity contribution in [3.63, 3.8) is 0 Å². The molecule has 0 radical (unpaired) electrons. The minimum Gasteiger partial charge on any atom is -0.352 e. The van der Waals surface area contributed by atoms with Gasteiger partial charge in [-0.1, -0.05) is 20.8 Å². The van der Waals surface area contributed by atoms with Gasteiger partial charge in [-0.3, -0.25) is 4.79 Å². The second-order valence-electron chi connectivity index (χ2n) is 4.63. The van der Waals surface area contributed by atoms with Crippen molar-refractivity contribution >= 4 is 17.7 Å². The molecule has 0 aromatic carbocycles. The number of carbonyl (C=O) groups is 1. The Kier molecular flexibility index (Phi) is 8.76. The Hall–Kier alpha value is -0.220. The number of nitrogens with one attached hydrogen (secondary N) is 1. The third-order valence-electron chi connectivity index (χ3n) is 2.35. The standard InChI is InChI=1S/C12H26N2OS/c1-5-16-7-6-10(4)14-12(15)11(13)8-9(2)3/h9-11H,5-8,13H2,1-4H3,(H,14,15). The van der Waals surface area contributed by atoms with Gasteiger partial charge in [-0.15, -0.1) is 0 Å². The summed E-state index contributed by atoms with van der Waals surface area (Å²) < 4.78 is 0. The van der Waals surface area contributed by atoms with Gasteiger partial charge in [-0.05, 0) is 37.2 Å². The molecule has 1 amide bonds. The molecule has 2 unspecified atom stereocenters. The summed E-state index contributed by atoms with van der Waals surface area (Å²) in [6.07, 6.45) is 1.76. The Labute approximate surface area is 104 Å². The second-order valence-corrected chi connectivity index (χ2v) is 6.03. The maximum Gasteiger partial charge on any atom is 0.237 e.